The number of nitrogens with zero attached hydrogens (tertiary/aromatic N) is 1. The number of amides is 1. The average Bonchev–Trinajstić information content (AvgIpc) is 2.38. The van der Waals surface area contributed by atoms with Gasteiger partial charge in [0.1, 0.15) is 5.82 Å². The molecule has 1 aromatic carbocycles. The molecule has 1 heterocycles. The van der Waals surface area contributed by atoms with E-state index < -0.39 is 5.82 Å². The molecule has 0 aromatic heterocycles. The molecule has 0 aliphatic carbocycles. The molecule has 1 fully saturated rings. The number of carbonyl (C=O) groups is 1. The van der Waals surface area contributed by atoms with Gasteiger partial charge in [-0.25, -0.2) is 4.39 Å². The monoisotopic (exact) mass is 251 g/mol. The van der Waals surface area contributed by atoms with Crippen LogP contribution in [0.4, 0.5) is 4.39 Å². The second-order valence-electron chi connectivity index (χ2n) is 4.74. The Kier molecular flexibility index (Phi) is 3.97. The van der Waals surface area contributed by atoms with Crippen LogP contribution in [0.1, 0.15) is 28.8 Å². The van der Waals surface area contributed by atoms with Gasteiger partial charge in [-0.05, 0) is 37.5 Å². The molecular formula is C14H18FNO2. The molecular weight excluding hydrogens is 233 g/mol. The fraction of sp³-hybridized carbons (Fsp3) is 0.500. The maximum absolute atomic E-state index is 13.8. The first-order valence-electron chi connectivity index (χ1n) is 6.20. The van der Waals surface area contributed by atoms with E-state index >= 15 is 0 Å². The summed E-state index contributed by atoms with van der Waals surface area (Å²) in [5.74, 6) is -0.696. The van der Waals surface area contributed by atoms with Gasteiger partial charge in [0.15, 0.2) is 0 Å². The van der Waals surface area contributed by atoms with Gasteiger partial charge in [-0.2, -0.15) is 0 Å². The Bertz CT molecular complexity index is 441. The van der Waals surface area contributed by atoms with Gasteiger partial charge >= 0.3 is 0 Å². The van der Waals surface area contributed by atoms with Gasteiger partial charge in [-0.1, -0.05) is 6.07 Å². The minimum atomic E-state index is -0.445. The second-order valence-corrected chi connectivity index (χ2v) is 4.74. The third kappa shape index (κ3) is 2.70. The molecule has 3 nitrogen and oxygen atoms in total. The molecule has 2 rings (SSSR count). The first kappa shape index (κ1) is 13.0. The Labute approximate surface area is 107 Å². The lowest BCUT2D eigenvalue weighted by molar-refractivity contribution is 0.0359. The Balaban J connectivity index is 2.14. The maximum Gasteiger partial charge on any atom is 0.256 e. The van der Waals surface area contributed by atoms with Crippen molar-refractivity contribution in [3.8, 4) is 0 Å². The summed E-state index contributed by atoms with van der Waals surface area (Å²) < 4.78 is 19.0. The van der Waals surface area contributed by atoms with Crippen molar-refractivity contribution in [1.82, 2.24) is 4.90 Å². The summed E-state index contributed by atoms with van der Waals surface area (Å²) >= 11 is 0. The predicted molar refractivity (Wildman–Crippen MR) is 67.1 cm³/mol. The van der Waals surface area contributed by atoms with Crippen LogP contribution in [0, 0.1) is 12.7 Å². The van der Waals surface area contributed by atoms with Crippen molar-refractivity contribution in [2.45, 2.75) is 25.8 Å². The molecule has 0 atom stereocenters. The normalized spacial score (nSPS) is 16.6. The molecule has 1 saturated heterocycles. The van der Waals surface area contributed by atoms with Gasteiger partial charge < -0.3 is 9.64 Å². The number of ether oxygens (including phenoxy) is 1. The molecule has 4 heteroatoms. The molecule has 0 bridgehead atoms. The number of halogens is 1. The van der Waals surface area contributed by atoms with Crippen molar-refractivity contribution in [1.29, 1.82) is 0 Å². The summed E-state index contributed by atoms with van der Waals surface area (Å²) in [5, 5.41) is 0. The molecule has 0 N–H and O–H groups in total. The van der Waals surface area contributed by atoms with Crippen LogP contribution in [0.25, 0.3) is 0 Å². The molecule has 98 valence electrons. The Hall–Kier alpha value is -1.42. The Morgan fingerprint density at radius 3 is 2.67 bits per heavy atom. The standard InChI is InChI=1S/C14H18FNO2/c1-10-3-4-12(13(15)9-10)14(17)16(2)11-5-7-18-8-6-11/h3-4,9,11H,5-8H2,1-2H3. The zero-order valence-corrected chi connectivity index (χ0v) is 10.8. The maximum atomic E-state index is 13.8. The number of hydrogen-bond acceptors (Lipinski definition) is 2. The van der Waals surface area contributed by atoms with E-state index in [0.29, 0.717) is 13.2 Å². The quantitative estimate of drug-likeness (QED) is 0.807. The Morgan fingerprint density at radius 1 is 1.39 bits per heavy atom. The number of carbonyl (C=O) groups excluding carboxylic acids is 1. The highest BCUT2D eigenvalue weighted by Crippen LogP contribution is 2.18. The zero-order valence-electron chi connectivity index (χ0n) is 10.8. The van der Waals surface area contributed by atoms with Crippen LogP contribution in [0.2, 0.25) is 0 Å². The van der Waals surface area contributed by atoms with Crippen LogP contribution < -0.4 is 0 Å². The number of hydrogen-bond donors (Lipinski definition) is 0. The zero-order chi connectivity index (χ0) is 13.1. The van der Waals surface area contributed by atoms with Gasteiger partial charge in [-0.15, -0.1) is 0 Å². The predicted octanol–water partition coefficient (Wildman–Crippen LogP) is 2.39. The molecule has 0 radical (unpaired) electrons. The van der Waals surface area contributed by atoms with E-state index in [1.54, 1.807) is 31.0 Å². The van der Waals surface area contributed by atoms with Crippen molar-refractivity contribution in [3.05, 3.63) is 35.1 Å². The van der Waals surface area contributed by atoms with E-state index in [1.807, 2.05) is 0 Å². The van der Waals surface area contributed by atoms with Crippen molar-refractivity contribution in [2.24, 2.45) is 0 Å². The molecule has 0 unspecified atom stereocenters. The molecule has 0 saturated carbocycles. The van der Waals surface area contributed by atoms with Gasteiger partial charge in [0.05, 0.1) is 5.56 Å². The molecule has 1 aromatic rings. The average molecular weight is 251 g/mol. The van der Waals surface area contributed by atoms with Crippen molar-refractivity contribution < 1.29 is 13.9 Å². The first-order valence-corrected chi connectivity index (χ1v) is 6.20. The molecule has 18 heavy (non-hydrogen) atoms. The van der Waals surface area contributed by atoms with Crippen LogP contribution >= 0.6 is 0 Å². The number of rotatable bonds is 2. The van der Waals surface area contributed by atoms with E-state index in [0.717, 1.165) is 18.4 Å². The van der Waals surface area contributed by atoms with Crippen molar-refractivity contribution in [2.75, 3.05) is 20.3 Å². The fourth-order valence-corrected chi connectivity index (χ4v) is 2.22. The molecule has 1 aliphatic heterocycles. The van der Waals surface area contributed by atoms with E-state index in [1.165, 1.54) is 6.07 Å². The largest absolute Gasteiger partial charge is 0.381 e. The highest BCUT2D eigenvalue weighted by molar-refractivity contribution is 5.94. The fourth-order valence-electron chi connectivity index (χ4n) is 2.22. The van der Waals surface area contributed by atoms with E-state index in [-0.39, 0.29) is 17.5 Å². The third-order valence-corrected chi connectivity index (χ3v) is 3.41. The van der Waals surface area contributed by atoms with Crippen LogP contribution in [0.5, 0.6) is 0 Å². The number of aryl methyl sites for hydroxylation is 1. The summed E-state index contributed by atoms with van der Waals surface area (Å²) in [7, 11) is 1.73. The minimum absolute atomic E-state index is 0.145. The van der Waals surface area contributed by atoms with Gasteiger partial charge in [0.2, 0.25) is 0 Å². The summed E-state index contributed by atoms with van der Waals surface area (Å²) in [5.41, 5.74) is 0.965. The van der Waals surface area contributed by atoms with Gasteiger partial charge in [0.25, 0.3) is 5.91 Å². The minimum Gasteiger partial charge on any atom is -0.381 e. The van der Waals surface area contributed by atoms with Gasteiger partial charge in [0, 0.05) is 26.3 Å². The smallest absolute Gasteiger partial charge is 0.256 e. The van der Waals surface area contributed by atoms with E-state index in [4.69, 9.17) is 4.74 Å². The van der Waals surface area contributed by atoms with Crippen molar-refractivity contribution in [3.63, 3.8) is 0 Å². The summed E-state index contributed by atoms with van der Waals surface area (Å²) in [6.45, 7) is 3.14. The SMILES string of the molecule is Cc1ccc(C(=O)N(C)C2CCOCC2)c(F)c1. The third-order valence-electron chi connectivity index (χ3n) is 3.41. The molecule has 1 amide bonds. The van der Waals surface area contributed by atoms with Crippen molar-refractivity contribution >= 4 is 5.91 Å². The van der Waals surface area contributed by atoms with E-state index in [9.17, 15) is 9.18 Å². The summed E-state index contributed by atoms with van der Waals surface area (Å²) in [6.07, 6.45) is 1.63. The summed E-state index contributed by atoms with van der Waals surface area (Å²) in [6, 6.07) is 4.86. The number of benzene rings is 1. The van der Waals surface area contributed by atoms with Crippen LogP contribution in [-0.2, 0) is 4.74 Å². The molecule has 0 spiro atoms. The second kappa shape index (κ2) is 5.48. The highest BCUT2D eigenvalue weighted by atomic mass is 19.1. The first-order chi connectivity index (χ1) is 8.59. The van der Waals surface area contributed by atoms with Crippen LogP contribution in [0.3, 0.4) is 0 Å². The molecule has 1 aliphatic rings. The van der Waals surface area contributed by atoms with Gasteiger partial charge in [-0.3, -0.25) is 4.79 Å². The lowest BCUT2D eigenvalue weighted by Crippen LogP contribution is -2.40. The summed E-state index contributed by atoms with van der Waals surface area (Å²) in [4.78, 5) is 13.9. The topological polar surface area (TPSA) is 29.5 Å². The lowest BCUT2D eigenvalue weighted by atomic mass is 10.1. The highest BCUT2D eigenvalue weighted by Gasteiger charge is 2.24. The van der Waals surface area contributed by atoms with E-state index in [2.05, 4.69) is 0 Å². The lowest BCUT2D eigenvalue weighted by Gasteiger charge is -2.31. The Morgan fingerprint density at radius 2 is 2.06 bits per heavy atom. The van der Waals surface area contributed by atoms with Crippen LogP contribution in [-0.4, -0.2) is 37.1 Å². The van der Waals surface area contributed by atoms with Crippen LogP contribution in [0.15, 0.2) is 18.2 Å².